The van der Waals surface area contributed by atoms with E-state index in [-0.39, 0.29) is 24.7 Å². The first kappa shape index (κ1) is 15.6. The van der Waals surface area contributed by atoms with E-state index in [1.807, 2.05) is 0 Å². The Morgan fingerprint density at radius 2 is 1.95 bits per heavy atom. The van der Waals surface area contributed by atoms with Crippen LogP contribution in [0, 0.1) is 0 Å². The maximum absolute atomic E-state index is 11.7. The van der Waals surface area contributed by atoms with Gasteiger partial charge >= 0.3 is 0 Å². The minimum atomic E-state index is -3.02. The number of fused-ring (bicyclic) bond motifs is 1. The molecule has 0 fully saturated rings. The van der Waals surface area contributed by atoms with Crippen molar-refractivity contribution in [3.05, 3.63) is 18.2 Å². The molecule has 0 unspecified atom stereocenters. The zero-order chi connectivity index (χ0) is 15.3. The van der Waals surface area contributed by atoms with E-state index in [9.17, 15) is 13.2 Å². The van der Waals surface area contributed by atoms with E-state index in [0.29, 0.717) is 30.4 Å². The number of nitrogens with one attached hydrogen (secondary N) is 2. The maximum atomic E-state index is 11.7. The first-order valence-electron chi connectivity index (χ1n) is 6.52. The van der Waals surface area contributed by atoms with Crippen molar-refractivity contribution in [3.63, 3.8) is 0 Å². The van der Waals surface area contributed by atoms with E-state index in [1.54, 1.807) is 18.2 Å². The number of anilines is 1. The number of rotatable bonds is 6. The van der Waals surface area contributed by atoms with Crippen LogP contribution in [0.4, 0.5) is 5.69 Å². The summed E-state index contributed by atoms with van der Waals surface area (Å²) in [5.74, 6) is 1.01. The summed E-state index contributed by atoms with van der Waals surface area (Å²) >= 11 is 0. The van der Waals surface area contributed by atoms with Gasteiger partial charge in [0.2, 0.25) is 5.91 Å². The average molecular weight is 314 g/mol. The minimum Gasteiger partial charge on any atom is -0.486 e. The third-order valence-electron chi connectivity index (χ3n) is 2.76. The summed E-state index contributed by atoms with van der Waals surface area (Å²) in [4.78, 5) is 11.7. The van der Waals surface area contributed by atoms with Gasteiger partial charge in [-0.1, -0.05) is 0 Å². The highest BCUT2D eigenvalue weighted by molar-refractivity contribution is 7.90. The molecule has 0 radical (unpaired) electrons. The van der Waals surface area contributed by atoms with Gasteiger partial charge in [-0.2, -0.15) is 0 Å². The van der Waals surface area contributed by atoms with Gasteiger partial charge in [-0.3, -0.25) is 4.79 Å². The van der Waals surface area contributed by atoms with Crippen LogP contribution < -0.4 is 20.1 Å². The SMILES string of the molecule is CS(=O)(=O)CCNCC(=O)Nc1ccc2c(c1)OCCO2. The van der Waals surface area contributed by atoms with Crippen LogP contribution >= 0.6 is 0 Å². The van der Waals surface area contributed by atoms with Gasteiger partial charge in [-0.05, 0) is 12.1 Å². The lowest BCUT2D eigenvalue weighted by Gasteiger charge is -2.19. The zero-order valence-electron chi connectivity index (χ0n) is 11.7. The predicted molar refractivity (Wildman–Crippen MR) is 78.6 cm³/mol. The summed E-state index contributed by atoms with van der Waals surface area (Å²) in [6, 6.07) is 5.16. The number of benzene rings is 1. The highest BCUT2D eigenvalue weighted by atomic mass is 32.2. The second-order valence-electron chi connectivity index (χ2n) is 4.71. The van der Waals surface area contributed by atoms with Crippen molar-refractivity contribution in [2.45, 2.75) is 0 Å². The van der Waals surface area contributed by atoms with E-state index in [4.69, 9.17) is 9.47 Å². The Morgan fingerprint density at radius 3 is 2.67 bits per heavy atom. The fraction of sp³-hybridized carbons (Fsp3) is 0.462. The van der Waals surface area contributed by atoms with Gasteiger partial charge in [-0.25, -0.2) is 8.42 Å². The molecule has 8 heteroatoms. The Morgan fingerprint density at radius 1 is 1.24 bits per heavy atom. The van der Waals surface area contributed by atoms with Gasteiger partial charge in [0.25, 0.3) is 0 Å². The van der Waals surface area contributed by atoms with E-state index in [0.717, 1.165) is 6.26 Å². The molecule has 0 bridgehead atoms. The summed E-state index contributed by atoms with van der Waals surface area (Å²) in [7, 11) is -3.02. The molecule has 0 aliphatic carbocycles. The quantitative estimate of drug-likeness (QED) is 0.720. The Labute approximate surface area is 123 Å². The third-order valence-corrected chi connectivity index (χ3v) is 3.71. The molecular formula is C13H18N2O5S. The highest BCUT2D eigenvalue weighted by Gasteiger charge is 2.12. The summed E-state index contributed by atoms with van der Waals surface area (Å²) in [6.07, 6.45) is 1.16. The Kier molecular flexibility index (Phi) is 5.03. The molecule has 2 N–H and O–H groups in total. The number of carbonyl (C=O) groups is 1. The van der Waals surface area contributed by atoms with Crippen LogP contribution in [0.1, 0.15) is 0 Å². The molecular weight excluding hydrogens is 296 g/mol. The monoisotopic (exact) mass is 314 g/mol. The first-order chi connectivity index (χ1) is 9.94. The van der Waals surface area contributed by atoms with Crippen molar-refractivity contribution in [1.82, 2.24) is 5.32 Å². The van der Waals surface area contributed by atoms with Gasteiger partial charge in [-0.15, -0.1) is 0 Å². The van der Waals surface area contributed by atoms with Gasteiger partial charge in [0.15, 0.2) is 11.5 Å². The average Bonchev–Trinajstić information content (AvgIpc) is 2.42. The number of amides is 1. The molecule has 0 spiro atoms. The van der Waals surface area contributed by atoms with E-state index in [2.05, 4.69) is 10.6 Å². The summed E-state index contributed by atoms with van der Waals surface area (Å²) < 4.78 is 32.7. The minimum absolute atomic E-state index is 0.00427. The lowest BCUT2D eigenvalue weighted by Crippen LogP contribution is -2.31. The number of hydrogen-bond acceptors (Lipinski definition) is 6. The van der Waals surface area contributed by atoms with Crippen LogP contribution in [0.2, 0.25) is 0 Å². The van der Waals surface area contributed by atoms with Gasteiger partial charge in [0, 0.05) is 24.6 Å². The maximum Gasteiger partial charge on any atom is 0.238 e. The molecule has 7 nitrogen and oxygen atoms in total. The largest absolute Gasteiger partial charge is 0.486 e. The van der Waals surface area contributed by atoms with Crippen LogP contribution in [-0.4, -0.2) is 52.6 Å². The molecule has 1 aliphatic rings. The van der Waals surface area contributed by atoms with Crippen molar-refractivity contribution in [3.8, 4) is 11.5 Å². The van der Waals surface area contributed by atoms with Crippen molar-refractivity contribution in [2.75, 3.05) is 43.6 Å². The molecule has 1 aromatic carbocycles. The Hall–Kier alpha value is -1.80. The number of ether oxygens (including phenoxy) is 2. The standard InChI is InChI=1S/C13H18N2O5S/c1-21(17,18)7-4-14-9-13(16)15-10-2-3-11-12(8-10)20-6-5-19-11/h2-3,8,14H,4-7,9H2,1H3,(H,15,16). The van der Waals surface area contributed by atoms with Gasteiger partial charge in [0.05, 0.1) is 12.3 Å². The Bertz CT molecular complexity index is 615. The molecule has 1 aliphatic heterocycles. The molecule has 0 atom stereocenters. The lowest BCUT2D eigenvalue weighted by molar-refractivity contribution is -0.115. The van der Waals surface area contributed by atoms with Crippen molar-refractivity contribution >= 4 is 21.4 Å². The van der Waals surface area contributed by atoms with Crippen LogP contribution in [0.5, 0.6) is 11.5 Å². The zero-order valence-corrected chi connectivity index (χ0v) is 12.5. The molecule has 2 rings (SSSR count). The topological polar surface area (TPSA) is 93.7 Å². The van der Waals surface area contributed by atoms with Crippen LogP contribution in [-0.2, 0) is 14.6 Å². The summed E-state index contributed by atoms with van der Waals surface area (Å²) in [5, 5.41) is 5.48. The molecule has 116 valence electrons. The fourth-order valence-corrected chi connectivity index (χ4v) is 2.30. The fourth-order valence-electron chi connectivity index (χ4n) is 1.79. The summed E-state index contributed by atoms with van der Waals surface area (Å²) in [5.41, 5.74) is 0.606. The van der Waals surface area contributed by atoms with E-state index in [1.165, 1.54) is 0 Å². The van der Waals surface area contributed by atoms with Gasteiger partial charge in [0.1, 0.15) is 23.1 Å². The Balaban J connectivity index is 1.80. The first-order valence-corrected chi connectivity index (χ1v) is 8.58. The molecule has 0 saturated carbocycles. The highest BCUT2D eigenvalue weighted by Crippen LogP contribution is 2.32. The van der Waals surface area contributed by atoms with Crippen molar-refractivity contribution < 1.29 is 22.7 Å². The normalized spacial score (nSPS) is 13.8. The predicted octanol–water partition coefficient (Wildman–Crippen LogP) is 0.0305. The molecule has 21 heavy (non-hydrogen) atoms. The molecule has 0 saturated heterocycles. The van der Waals surface area contributed by atoms with E-state index < -0.39 is 9.84 Å². The lowest BCUT2D eigenvalue weighted by atomic mass is 10.2. The van der Waals surface area contributed by atoms with Crippen LogP contribution in [0.25, 0.3) is 0 Å². The van der Waals surface area contributed by atoms with Crippen LogP contribution in [0.3, 0.4) is 0 Å². The number of carbonyl (C=O) groups excluding carboxylic acids is 1. The second kappa shape index (κ2) is 6.77. The molecule has 1 aromatic rings. The second-order valence-corrected chi connectivity index (χ2v) is 6.97. The van der Waals surface area contributed by atoms with Gasteiger partial charge < -0.3 is 20.1 Å². The summed E-state index contributed by atoms with van der Waals surface area (Å²) in [6.45, 7) is 1.29. The molecule has 0 aromatic heterocycles. The third kappa shape index (κ3) is 5.24. The van der Waals surface area contributed by atoms with Crippen molar-refractivity contribution in [2.24, 2.45) is 0 Å². The molecule has 1 amide bonds. The number of hydrogen-bond donors (Lipinski definition) is 2. The van der Waals surface area contributed by atoms with Crippen molar-refractivity contribution in [1.29, 1.82) is 0 Å². The number of sulfone groups is 1. The van der Waals surface area contributed by atoms with Crippen LogP contribution in [0.15, 0.2) is 18.2 Å². The van der Waals surface area contributed by atoms with E-state index >= 15 is 0 Å². The smallest absolute Gasteiger partial charge is 0.238 e. The molecule has 1 heterocycles.